The first-order valence-corrected chi connectivity index (χ1v) is 6.88. The largest absolute Gasteiger partial charge is 0.337 e. The summed E-state index contributed by atoms with van der Waals surface area (Å²) in [6, 6.07) is 9.90. The molecule has 0 N–H and O–H groups in total. The maximum absolute atomic E-state index is 12.5. The van der Waals surface area contributed by atoms with Crippen molar-refractivity contribution in [1.82, 2.24) is 9.88 Å². The lowest BCUT2D eigenvalue weighted by molar-refractivity contribution is 0.0677. The van der Waals surface area contributed by atoms with Crippen LogP contribution < -0.4 is 0 Å². The van der Waals surface area contributed by atoms with Crippen LogP contribution in [0.25, 0.3) is 10.8 Å². The van der Waals surface area contributed by atoms with Gasteiger partial charge in [-0.2, -0.15) is 0 Å². The van der Waals surface area contributed by atoms with Gasteiger partial charge in [0.1, 0.15) is 5.69 Å². The monoisotopic (exact) mass is 254 g/mol. The molecule has 1 aliphatic rings. The van der Waals surface area contributed by atoms with Crippen molar-refractivity contribution in [3.63, 3.8) is 0 Å². The van der Waals surface area contributed by atoms with E-state index in [-0.39, 0.29) is 5.91 Å². The van der Waals surface area contributed by atoms with E-state index in [0.717, 1.165) is 30.3 Å². The van der Waals surface area contributed by atoms with Gasteiger partial charge >= 0.3 is 0 Å². The second-order valence-electron chi connectivity index (χ2n) is 5.42. The summed E-state index contributed by atoms with van der Waals surface area (Å²) >= 11 is 0. The summed E-state index contributed by atoms with van der Waals surface area (Å²) in [5, 5.41) is 2.15. The van der Waals surface area contributed by atoms with Crippen molar-refractivity contribution in [2.24, 2.45) is 5.92 Å². The Kier molecular flexibility index (Phi) is 3.20. The predicted molar refractivity (Wildman–Crippen MR) is 76.0 cm³/mol. The highest BCUT2D eigenvalue weighted by Crippen LogP contribution is 2.19. The van der Waals surface area contributed by atoms with Crippen molar-refractivity contribution in [2.45, 2.75) is 19.8 Å². The number of benzene rings is 1. The molecule has 1 amide bonds. The molecule has 3 nitrogen and oxygen atoms in total. The highest BCUT2D eigenvalue weighted by molar-refractivity contribution is 5.96. The van der Waals surface area contributed by atoms with E-state index in [9.17, 15) is 4.79 Å². The van der Waals surface area contributed by atoms with E-state index in [1.807, 2.05) is 35.2 Å². The molecule has 1 atom stereocenters. The molecule has 3 heteroatoms. The topological polar surface area (TPSA) is 33.2 Å². The summed E-state index contributed by atoms with van der Waals surface area (Å²) in [6.07, 6.45) is 4.10. The Balaban J connectivity index is 1.88. The number of amides is 1. The minimum absolute atomic E-state index is 0.0669. The number of fused-ring (bicyclic) bond motifs is 1. The SMILES string of the molecule is CC1CCCN(C(=O)c2cc3ccccc3cn2)C1. The van der Waals surface area contributed by atoms with E-state index < -0.39 is 0 Å². The Bertz CT molecular complexity index is 608. The molecule has 0 bridgehead atoms. The Morgan fingerprint density at radius 2 is 2.11 bits per heavy atom. The summed E-state index contributed by atoms with van der Waals surface area (Å²) in [4.78, 5) is 18.7. The van der Waals surface area contributed by atoms with Gasteiger partial charge in [0.25, 0.3) is 5.91 Å². The van der Waals surface area contributed by atoms with E-state index in [1.165, 1.54) is 6.42 Å². The van der Waals surface area contributed by atoms with Crippen molar-refractivity contribution < 1.29 is 4.79 Å². The van der Waals surface area contributed by atoms with Crippen LogP contribution in [0.4, 0.5) is 0 Å². The van der Waals surface area contributed by atoms with E-state index in [4.69, 9.17) is 0 Å². The van der Waals surface area contributed by atoms with Crippen LogP contribution in [0, 0.1) is 5.92 Å². The molecule has 1 aromatic heterocycles. The molecule has 0 saturated carbocycles. The minimum Gasteiger partial charge on any atom is -0.337 e. The smallest absolute Gasteiger partial charge is 0.272 e. The van der Waals surface area contributed by atoms with Crippen LogP contribution in [0.2, 0.25) is 0 Å². The van der Waals surface area contributed by atoms with Crippen LogP contribution in [-0.4, -0.2) is 28.9 Å². The summed E-state index contributed by atoms with van der Waals surface area (Å²) in [5.74, 6) is 0.662. The van der Waals surface area contributed by atoms with Crippen molar-refractivity contribution in [2.75, 3.05) is 13.1 Å². The molecular weight excluding hydrogens is 236 g/mol. The Hall–Kier alpha value is -1.90. The Labute approximate surface area is 113 Å². The normalized spacial score (nSPS) is 19.6. The van der Waals surface area contributed by atoms with Gasteiger partial charge in [-0.1, -0.05) is 31.2 Å². The van der Waals surface area contributed by atoms with E-state index in [0.29, 0.717) is 11.6 Å². The van der Waals surface area contributed by atoms with Gasteiger partial charge in [0.05, 0.1) is 0 Å². The zero-order chi connectivity index (χ0) is 13.2. The zero-order valence-corrected chi connectivity index (χ0v) is 11.2. The molecule has 1 unspecified atom stereocenters. The molecule has 19 heavy (non-hydrogen) atoms. The molecule has 0 spiro atoms. The molecule has 2 aromatic rings. The lowest BCUT2D eigenvalue weighted by Gasteiger charge is -2.30. The quantitative estimate of drug-likeness (QED) is 0.783. The molecule has 1 aromatic carbocycles. The number of hydrogen-bond donors (Lipinski definition) is 0. The van der Waals surface area contributed by atoms with Crippen LogP contribution in [-0.2, 0) is 0 Å². The number of nitrogens with zero attached hydrogens (tertiary/aromatic N) is 2. The summed E-state index contributed by atoms with van der Waals surface area (Å²) in [7, 11) is 0. The van der Waals surface area contributed by atoms with Gasteiger partial charge in [0.2, 0.25) is 0 Å². The lowest BCUT2D eigenvalue weighted by atomic mass is 10.00. The van der Waals surface area contributed by atoms with Crippen LogP contribution in [0.3, 0.4) is 0 Å². The average Bonchev–Trinajstić information content (AvgIpc) is 2.46. The lowest BCUT2D eigenvalue weighted by Crippen LogP contribution is -2.39. The van der Waals surface area contributed by atoms with Crippen molar-refractivity contribution in [1.29, 1.82) is 0 Å². The van der Waals surface area contributed by atoms with Crippen molar-refractivity contribution in [3.8, 4) is 0 Å². The number of rotatable bonds is 1. The number of carbonyl (C=O) groups is 1. The van der Waals surface area contributed by atoms with Gasteiger partial charge in [-0.05, 0) is 30.2 Å². The number of pyridine rings is 1. The number of piperidine rings is 1. The summed E-state index contributed by atoms with van der Waals surface area (Å²) in [5.41, 5.74) is 0.563. The third kappa shape index (κ3) is 2.46. The molecule has 2 heterocycles. The fourth-order valence-electron chi connectivity index (χ4n) is 2.74. The van der Waals surface area contributed by atoms with Crippen LogP contribution in [0.1, 0.15) is 30.3 Å². The van der Waals surface area contributed by atoms with Crippen LogP contribution >= 0.6 is 0 Å². The maximum Gasteiger partial charge on any atom is 0.272 e. The van der Waals surface area contributed by atoms with Crippen molar-refractivity contribution >= 4 is 16.7 Å². The molecule has 1 fully saturated rings. The number of aromatic nitrogens is 1. The number of hydrogen-bond acceptors (Lipinski definition) is 2. The minimum atomic E-state index is 0.0669. The van der Waals surface area contributed by atoms with Gasteiger partial charge < -0.3 is 4.90 Å². The number of carbonyl (C=O) groups excluding carboxylic acids is 1. The highest BCUT2D eigenvalue weighted by Gasteiger charge is 2.22. The molecule has 3 rings (SSSR count). The van der Waals surface area contributed by atoms with E-state index in [2.05, 4.69) is 11.9 Å². The first-order valence-electron chi connectivity index (χ1n) is 6.88. The van der Waals surface area contributed by atoms with Gasteiger partial charge in [-0.3, -0.25) is 9.78 Å². The molecular formula is C16H18N2O. The second-order valence-corrected chi connectivity index (χ2v) is 5.42. The maximum atomic E-state index is 12.5. The zero-order valence-electron chi connectivity index (χ0n) is 11.2. The van der Waals surface area contributed by atoms with Crippen molar-refractivity contribution in [3.05, 3.63) is 42.2 Å². The number of likely N-dealkylation sites (tertiary alicyclic amines) is 1. The van der Waals surface area contributed by atoms with Gasteiger partial charge in [-0.15, -0.1) is 0 Å². The van der Waals surface area contributed by atoms with Gasteiger partial charge in [-0.25, -0.2) is 0 Å². The standard InChI is InChI=1S/C16H18N2O/c1-12-5-4-8-18(11-12)16(19)15-9-13-6-2-3-7-14(13)10-17-15/h2-3,6-7,9-10,12H,4-5,8,11H2,1H3. The first kappa shape index (κ1) is 12.2. The van der Waals surface area contributed by atoms with E-state index >= 15 is 0 Å². The highest BCUT2D eigenvalue weighted by atomic mass is 16.2. The Morgan fingerprint density at radius 3 is 2.89 bits per heavy atom. The fourth-order valence-corrected chi connectivity index (χ4v) is 2.74. The van der Waals surface area contributed by atoms with E-state index in [1.54, 1.807) is 6.20 Å². The third-order valence-electron chi connectivity index (χ3n) is 3.79. The second kappa shape index (κ2) is 5.00. The molecule has 1 aliphatic heterocycles. The van der Waals surface area contributed by atoms with Crippen LogP contribution in [0.15, 0.2) is 36.5 Å². The molecule has 98 valence electrons. The molecule has 1 saturated heterocycles. The molecule has 0 radical (unpaired) electrons. The Morgan fingerprint density at radius 1 is 1.32 bits per heavy atom. The van der Waals surface area contributed by atoms with Gasteiger partial charge in [0, 0.05) is 24.7 Å². The van der Waals surface area contributed by atoms with Gasteiger partial charge in [0.15, 0.2) is 0 Å². The average molecular weight is 254 g/mol. The molecule has 0 aliphatic carbocycles. The fraction of sp³-hybridized carbons (Fsp3) is 0.375. The summed E-state index contributed by atoms with van der Waals surface area (Å²) < 4.78 is 0. The predicted octanol–water partition coefficient (Wildman–Crippen LogP) is 3.11. The first-order chi connectivity index (χ1) is 9.24. The van der Waals surface area contributed by atoms with Crippen LogP contribution in [0.5, 0.6) is 0 Å². The summed E-state index contributed by atoms with van der Waals surface area (Å²) in [6.45, 7) is 3.91. The third-order valence-corrected chi connectivity index (χ3v) is 3.79.